The zero-order chi connectivity index (χ0) is 23.4. The van der Waals surface area contributed by atoms with Crippen LogP contribution in [-0.2, 0) is 24.5 Å². The van der Waals surface area contributed by atoms with Crippen LogP contribution in [0.2, 0.25) is 10.0 Å². The Balaban J connectivity index is 1.57. The average Bonchev–Trinajstić information content (AvgIpc) is 3.21. The van der Waals surface area contributed by atoms with Crippen molar-refractivity contribution in [2.45, 2.75) is 14.7 Å². The number of rotatable bonds is 9. The van der Waals surface area contributed by atoms with Crippen LogP contribution in [0.25, 0.3) is 0 Å². The van der Waals surface area contributed by atoms with Gasteiger partial charge in [0, 0.05) is 26.6 Å². The molecule has 0 spiro atoms. The third kappa shape index (κ3) is 6.27. The molecule has 32 heavy (non-hydrogen) atoms. The summed E-state index contributed by atoms with van der Waals surface area (Å²) in [5.74, 6) is -0.379. The van der Waals surface area contributed by atoms with E-state index in [1.165, 1.54) is 59.3 Å². The van der Waals surface area contributed by atoms with Crippen molar-refractivity contribution in [2.75, 3.05) is 22.6 Å². The second-order valence-electron chi connectivity index (χ2n) is 6.48. The van der Waals surface area contributed by atoms with Gasteiger partial charge in [0.1, 0.15) is 4.90 Å². The van der Waals surface area contributed by atoms with Gasteiger partial charge in [-0.15, -0.1) is 11.3 Å². The Kier molecular flexibility index (Phi) is 8.29. The Bertz CT molecular complexity index is 1300. The molecular weight excluding hydrogens is 533 g/mol. The van der Waals surface area contributed by atoms with Crippen LogP contribution in [0.1, 0.15) is 0 Å². The number of hydrogen-bond donors (Lipinski definition) is 1. The Morgan fingerprint density at radius 3 is 2.03 bits per heavy atom. The molecule has 3 aromatic rings. The summed E-state index contributed by atoms with van der Waals surface area (Å²) in [7, 11) is -7.31. The number of anilines is 1. The molecule has 6 nitrogen and oxygen atoms in total. The van der Waals surface area contributed by atoms with Gasteiger partial charge in [-0.2, -0.15) is 11.8 Å². The maximum Gasteiger partial charge on any atom is 0.234 e. The number of carbonyl (C=O) groups is 1. The Morgan fingerprint density at radius 1 is 0.875 bits per heavy atom. The molecule has 1 N–H and O–H groups in total. The van der Waals surface area contributed by atoms with Crippen LogP contribution in [0, 0.1) is 0 Å². The minimum atomic E-state index is -3.83. The highest BCUT2D eigenvalue weighted by atomic mass is 35.5. The van der Waals surface area contributed by atoms with E-state index in [4.69, 9.17) is 23.2 Å². The molecule has 2 aromatic carbocycles. The van der Waals surface area contributed by atoms with E-state index in [-0.39, 0.29) is 37.6 Å². The predicted molar refractivity (Wildman–Crippen MR) is 131 cm³/mol. The summed E-state index contributed by atoms with van der Waals surface area (Å²) < 4.78 is 50.4. The number of benzene rings is 2. The molecule has 3 rings (SSSR count). The SMILES string of the molecule is O=C(CSCCS(=O)(=O)c1ccc(Cl)cc1)Nc1cscc1S(=O)(=O)c1ccc(Cl)cc1. The smallest absolute Gasteiger partial charge is 0.234 e. The molecule has 1 aromatic heterocycles. The lowest BCUT2D eigenvalue weighted by atomic mass is 10.4. The molecule has 0 atom stereocenters. The topological polar surface area (TPSA) is 97.4 Å². The van der Waals surface area contributed by atoms with Crippen molar-refractivity contribution in [3.8, 4) is 0 Å². The van der Waals surface area contributed by atoms with Crippen molar-refractivity contribution < 1.29 is 21.6 Å². The molecule has 0 unspecified atom stereocenters. The van der Waals surface area contributed by atoms with Crippen molar-refractivity contribution in [1.29, 1.82) is 0 Å². The zero-order valence-electron chi connectivity index (χ0n) is 16.3. The van der Waals surface area contributed by atoms with Crippen molar-refractivity contribution in [3.05, 3.63) is 69.3 Å². The monoisotopic (exact) mass is 549 g/mol. The van der Waals surface area contributed by atoms with E-state index >= 15 is 0 Å². The van der Waals surface area contributed by atoms with Crippen LogP contribution in [0.15, 0.2) is 74.0 Å². The predicted octanol–water partition coefficient (Wildman–Crippen LogP) is 5.03. The summed E-state index contributed by atoms with van der Waals surface area (Å²) in [6.07, 6.45) is 0. The summed E-state index contributed by atoms with van der Waals surface area (Å²) in [6.45, 7) is 0. The van der Waals surface area contributed by atoms with Crippen LogP contribution < -0.4 is 5.32 Å². The standard InChI is InChI=1S/C20H17Cl2NO5S4/c21-14-1-5-16(6-2-14)31(25,26)10-9-29-13-20(24)23-18-11-30-12-19(18)32(27,28)17-7-3-15(22)4-8-17/h1-8,11-12H,9-10,13H2,(H,23,24). The zero-order valence-corrected chi connectivity index (χ0v) is 21.1. The summed E-state index contributed by atoms with van der Waals surface area (Å²) >= 11 is 13.9. The molecule has 0 aliphatic rings. The number of thiophene rings is 1. The number of hydrogen-bond acceptors (Lipinski definition) is 7. The first-order valence-corrected chi connectivity index (χ1v) is 15.0. The van der Waals surface area contributed by atoms with Crippen LogP contribution in [0.4, 0.5) is 5.69 Å². The second-order valence-corrected chi connectivity index (χ2v) is 13.2. The lowest BCUT2D eigenvalue weighted by Crippen LogP contribution is -2.17. The van der Waals surface area contributed by atoms with Crippen molar-refractivity contribution in [3.63, 3.8) is 0 Å². The summed E-state index contributed by atoms with van der Waals surface area (Å²) in [5.41, 5.74) is 0.185. The van der Waals surface area contributed by atoms with E-state index in [9.17, 15) is 21.6 Å². The largest absolute Gasteiger partial charge is 0.324 e. The summed E-state index contributed by atoms with van der Waals surface area (Å²) in [5, 5.41) is 6.44. The first-order valence-electron chi connectivity index (χ1n) is 9.02. The van der Waals surface area contributed by atoms with Gasteiger partial charge in [-0.05, 0) is 48.5 Å². The van der Waals surface area contributed by atoms with Gasteiger partial charge in [0.15, 0.2) is 9.84 Å². The van der Waals surface area contributed by atoms with E-state index in [0.717, 1.165) is 23.1 Å². The van der Waals surface area contributed by atoms with Gasteiger partial charge in [0.05, 0.1) is 27.0 Å². The number of amides is 1. The molecular formula is C20H17Cl2NO5S4. The average molecular weight is 551 g/mol. The molecule has 0 radical (unpaired) electrons. The van der Waals surface area contributed by atoms with Gasteiger partial charge in [-0.1, -0.05) is 23.2 Å². The molecule has 1 heterocycles. The number of sulfone groups is 2. The maximum atomic E-state index is 12.9. The molecule has 0 saturated heterocycles. The number of thioether (sulfide) groups is 1. The van der Waals surface area contributed by atoms with Crippen LogP contribution in [-0.4, -0.2) is 40.0 Å². The van der Waals surface area contributed by atoms with Crippen LogP contribution in [0.3, 0.4) is 0 Å². The molecule has 1 amide bonds. The molecule has 0 bridgehead atoms. The van der Waals surface area contributed by atoms with Gasteiger partial charge in [-0.25, -0.2) is 16.8 Å². The quantitative estimate of drug-likeness (QED) is 0.376. The van der Waals surface area contributed by atoms with Crippen molar-refractivity contribution in [2.24, 2.45) is 0 Å². The number of nitrogens with one attached hydrogen (secondary N) is 1. The fourth-order valence-electron chi connectivity index (χ4n) is 2.60. The lowest BCUT2D eigenvalue weighted by molar-refractivity contribution is -0.113. The van der Waals surface area contributed by atoms with E-state index in [2.05, 4.69) is 5.32 Å². The lowest BCUT2D eigenvalue weighted by Gasteiger charge is -2.08. The van der Waals surface area contributed by atoms with Crippen LogP contribution >= 0.6 is 46.3 Å². The minimum absolute atomic E-state index is 0.00603. The van der Waals surface area contributed by atoms with E-state index in [1.807, 2.05) is 0 Å². The molecule has 12 heteroatoms. The van der Waals surface area contributed by atoms with E-state index in [1.54, 1.807) is 0 Å². The minimum Gasteiger partial charge on any atom is -0.324 e. The van der Waals surface area contributed by atoms with E-state index in [0.29, 0.717) is 10.0 Å². The molecule has 0 aliphatic heterocycles. The van der Waals surface area contributed by atoms with Gasteiger partial charge in [0.25, 0.3) is 0 Å². The fraction of sp³-hybridized carbons (Fsp3) is 0.150. The number of carbonyl (C=O) groups excluding carboxylic acids is 1. The fourth-order valence-corrected chi connectivity index (χ4v) is 7.93. The highest BCUT2D eigenvalue weighted by Crippen LogP contribution is 2.31. The molecule has 170 valence electrons. The van der Waals surface area contributed by atoms with Crippen molar-refractivity contribution in [1.82, 2.24) is 0 Å². The summed E-state index contributed by atoms with van der Waals surface area (Å²) in [4.78, 5) is 12.5. The van der Waals surface area contributed by atoms with E-state index < -0.39 is 25.6 Å². The Hall–Kier alpha value is -1.56. The first kappa shape index (κ1) is 25.1. The summed E-state index contributed by atoms with van der Waals surface area (Å²) in [6, 6.07) is 11.6. The normalized spacial score (nSPS) is 11.9. The second kappa shape index (κ2) is 10.6. The van der Waals surface area contributed by atoms with Gasteiger partial charge in [-0.3, -0.25) is 4.79 Å². The van der Waals surface area contributed by atoms with Gasteiger partial charge >= 0.3 is 0 Å². The highest BCUT2D eigenvalue weighted by molar-refractivity contribution is 8.01. The van der Waals surface area contributed by atoms with Gasteiger partial charge in [0.2, 0.25) is 15.7 Å². The first-order chi connectivity index (χ1) is 15.1. The third-order valence-corrected chi connectivity index (χ3v) is 10.4. The number of halogens is 2. The third-order valence-electron chi connectivity index (χ3n) is 4.22. The van der Waals surface area contributed by atoms with Gasteiger partial charge < -0.3 is 5.32 Å². The maximum absolute atomic E-state index is 12.9. The Morgan fingerprint density at radius 2 is 1.44 bits per heavy atom. The van der Waals surface area contributed by atoms with Crippen LogP contribution in [0.5, 0.6) is 0 Å². The Labute approximate surface area is 204 Å². The highest BCUT2D eigenvalue weighted by Gasteiger charge is 2.23. The molecule has 0 aliphatic carbocycles. The molecule has 0 saturated carbocycles. The molecule has 0 fully saturated rings. The van der Waals surface area contributed by atoms with Crippen molar-refractivity contribution >= 4 is 77.6 Å².